The molecule has 0 bridgehead atoms. The molecule has 0 saturated carbocycles. The normalized spacial score (nSPS) is 17.4. The SMILES string of the molecule is COCCN1CCCC1CNS(=O)(=O)c1cc(/C=C/C(=O)OC)cc(OC)c1OC. The van der Waals surface area contributed by atoms with E-state index < -0.39 is 16.0 Å². The maximum absolute atomic E-state index is 13.1. The van der Waals surface area contributed by atoms with Crippen LogP contribution in [-0.4, -0.2) is 80.0 Å². The minimum absolute atomic E-state index is 0.0599. The maximum Gasteiger partial charge on any atom is 0.330 e. The van der Waals surface area contributed by atoms with Crippen molar-refractivity contribution in [3.63, 3.8) is 0 Å². The van der Waals surface area contributed by atoms with E-state index in [4.69, 9.17) is 14.2 Å². The topological polar surface area (TPSA) is 103 Å². The molecule has 1 aliphatic heterocycles. The molecule has 0 amide bonds. The fourth-order valence-electron chi connectivity index (χ4n) is 3.39. The van der Waals surface area contributed by atoms with E-state index in [0.717, 1.165) is 25.9 Å². The van der Waals surface area contributed by atoms with Gasteiger partial charge in [-0.15, -0.1) is 0 Å². The first-order valence-corrected chi connectivity index (χ1v) is 11.1. The smallest absolute Gasteiger partial charge is 0.330 e. The van der Waals surface area contributed by atoms with Crippen LogP contribution in [-0.2, 0) is 24.3 Å². The summed E-state index contributed by atoms with van der Waals surface area (Å²) in [6.45, 7) is 2.55. The number of rotatable bonds is 11. The van der Waals surface area contributed by atoms with Crippen molar-refractivity contribution in [1.82, 2.24) is 9.62 Å². The summed E-state index contributed by atoms with van der Waals surface area (Å²) in [5.41, 5.74) is 0.459. The van der Waals surface area contributed by atoms with Crippen LogP contribution in [0.5, 0.6) is 11.5 Å². The van der Waals surface area contributed by atoms with Crippen LogP contribution in [0.4, 0.5) is 0 Å². The highest BCUT2D eigenvalue weighted by molar-refractivity contribution is 7.89. The van der Waals surface area contributed by atoms with E-state index in [2.05, 4.69) is 14.4 Å². The monoisotopic (exact) mass is 442 g/mol. The first kappa shape index (κ1) is 24.1. The Labute approximate surface area is 178 Å². The van der Waals surface area contributed by atoms with Crippen LogP contribution in [0.15, 0.2) is 23.1 Å². The number of esters is 1. The molecule has 1 heterocycles. The van der Waals surface area contributed by atoms with E-state index in [1.165, 1.54) is 39.5 Å². The molecule has 1 aromatic carbocycles. The summed E-state index contributed by atoms with van der Waals surface area (Å²) in [5, 5.41) is 0. The van der Waals surface area contributed by atoms with Crippen molar-refractivity contribution in [3.8, 4) is 11.5 Å². The number of likely N-dealkylation sites (tertiary alicyclic amines) is 1. The standard InChI is InChI=1S/C20H30N2O7S/c1-26-11-10-22-9-5-6-16(22)14-21-30(24,25)18-13-15(7-8-19(23)28-3)12-17(27-2)20(18)29-4/h7-8,12-13,16,21H,5-6,9-11,14H2,1-4H3/b8-7+. The predicted molar refractivity (Wildman–Crippen MR) is 112 cm³/mol. The van der Waals surface area contributed by atoms with Gasteiger partial charge in [-0.3, -0.25) is 4.90 Å². The number of benzene rings is 1. The van der Waals surface area contributed by atoms with Gasteiger partial charge >= 0.3 is 5.97 Å². The average Bonchev–Trinajstić information content (AvgIpc) is 3.21. The molecule has 9 nitrogen and oxygen atoms in total. The molecule has 10 heteroatoms. The second kappa shape index (κ2) is 11.3. The first-order valence-electron chi connectivity index (χ1n) is 9.61. The van der Waals surface area contributed by atoms with Crippen molar-refractivity contribution in [2.45, 2.75) is 23.8 Å². The molecule has 1 N–H and O–H groups in total. The van der Waals surface area contributed by atoms with E-state index in [1.54, 1.807) is 13.2 Å². The molecular formula is C20H30N2O7S. The molecule has 1 unspecified atom stereocenters. The number of nitrogens with zero attached hydrogens (tertiary/aromatic N) is 1. The van der Waals surface area contributed by atoms with Crippen molar-refractivity contribution >= 4 is 22.1 Å². The minimum Gasteiger partial charge on any atom is -0.493 e. The minimum atomic E-state index is -3.90. The molecule has 0 spiro atoms. The van der Waals surface area contributed by atoms with Crippen LogP contribution >= 0.6 is 0 Å². The maximum atomic E-state index is 13.1. The largest absolute Gasteiger partial charge is 0.493 e. The highest BCUT2D eigenvalue weighted by Gasteiger charge is 2.28. The van der Waals surface area contributed by atoms with Gasteiger partial charge in [0.15, 0.2) is 11.5 Å². The number of methoxy groups -OCH3 is 4. The van der Waals surface area contributed by atoms with Crippen molar-refractivity contribution in [1.29, 1.82) is 0 Å². The number of carbonyl (C=O) groups is 1. The Morgan fingerprint density at radius 3 is 2.63 bits per heavy atom. The zero-order valence-electron chi connectivity index (χ0n) is 17.8. The summed E-state index contributed by atoms with van der Waals surface area (Å²) in [6.07, 6.45) is 4.59. The number of hydrogen-bond donors (Lipinski definition) is 1. The van der Waals surface area contributed by atoms with Crippen LogP contribution in [0, 0.1) is 0 Å². The van der Waals surface area contributed by atoms with Crippen LogP contribution in [0.2, 0.25) is 0 Å². The van der Waals surface area contributed by atoms with E-state index in [-0.39, 0.29) is 29.0 Å². The molecule has 1 aromatic rings. The Bertz CT molecular complexity index is 855. The van der Waals surface area contributed by atoms with Crippen LogP contribution in [0.25, 0.3) is 6.08 Å². The Morgan fingerprint density at radius 1 is 1.23 bits per heavy atom. The lowest BCUT2D eigenvalue weighted by Crippen LogP contribution is -2.41. The van der Waals surface area contributed by atoms with Gasteiger partial charge in [-0.1, -0.05) is 0 Å². The quantitative estimate of drug-likeness (QED) is 0.404. The number of ether oxygens (including phenoxy) is 4. The predicted octanol–water partition coefficient (Wildman–Crippen LogP) is 1.28. The number of hydrogen-bond acceptors (Lipinski definition) is 8. The van der Waals surface area contributed by atoms with E-state index in [1.807, 2.05) is 0 Å². The third-order valence-corrected chi connectivity index (χ3v) is 6.39. The Morgan fingerprint density at radius 2 is 2.00 bits per heavy atom. The zero-order chi connectivity index (χ0) is 22.1. The Kier molecular flexibility index (Phi) is 9.09. The number of carbonyl (C=O) groups excluding carboxylic acids is 1. The van der Waals surface area contributed by atoms with Gasteiger partial charge in [-0.25, -0.2) is 17.9 Å². The second-order valence-electron chi connectivity index (χ2n) is 6.79. The van der Waals surface area contributed by atoms with Crippen molar-refractivity contribution in [3.05, 3.63) is 23.8 Å². The van der Waals surface area contributed by atoms with Gasteiger partial charge in [0, 0.05) is 32.3 Å². The van der Waals surface area contributed by atoms with Crippen LogP contribution < -0.4 is 14.2 Å². The number of nitrogens with one attached hydrogen (secondary N) is 1. The van der Waals surface area contributed by atoms with Crippen LogP contribution in [0.3, 0.4) is 0 Å². The summed E-state index contributed by atoms with van der Waals surface area (Å²) < 4.78 is 49.2. The highest BCUT2D eigenvalue weighted by atomic mass is 32.2. The zero-order valence-corrected chi connectivity index (χ0v) is 18.7. The third kappa shape index (κ3) is 6.18. The summed E-state index contributed by atoms with van der Waals surface area (Å²) in [5.74, 6) is -0.208. The molecule has 1 fully saturated rings. The summed E-state index contributed by atoms with van der Waals surface area (Å²) in [4.78, 5) is 13.6. The summed E-state index contributed by atoms with van der Waals surface area (Å²) in [6, 6.07) is 3.12. The first-order chi connectivity index (χ1) is 14.4. The molecule has 0 aromatic heterocycles. The van der Waals surface area contributed by atoms with Crippen molar-refractivity contribution < 1.29 is 32.2 Å². The molecular weight excluding hydrogens is 412 g/mol. The summed E-state index contributed by atoms with van der Waals surface area (Å²) >= 11 is 0. The highest BCUT2D eigenvalue weighted by Crippen LogP contribution is 2.36. The Balaban J connectivity index is 2.27. The molecule has 0 aliphatic carbocycles. The average molecular weight is 443 g/mol. The van der Waals surface area contributed by atoms with E-state index in [0.29, 0.717) is 12.2 Å². The van der Waals surface area contributed by atoms with E-state index in [9.17, 15) is 13.2 Å². The third-order valence-electron chi connectivity index (χ3n) is 4.96. The second-order valence-corrected chi connectivity index (χ2v) is 8.52. The van der Waals surface area contributed by atoms with Crippen LogP contribution in [0.1, 0.15) is 18.4 Å². The fourth-order valence-corrected chi connectivity index (χ4v) is 4.68. The molecule has 1 saturated heterocycles. The molecule has 1 atom stereocenters. The van der Waals surface area contributed by atoms with Gasteiger partial charge in [0.2, 0.25) is 10.0 Å². The molecule has 1 aliphatic rings. The van der Waals surface area contributed by atoms with Gasteiger partial charge in [0.25, 0.3) is 0 Å². The lowest BCUT2D eigenvalue weighted by atomic mass is 10.2. The fraction of sp³-hybridized carbons (Fsp3) is 0.550. The molecule has 2 rings (SSSR count). The Hall–Kier alpha value is -2.14. The number of sulfonamides is 1. The molecule has 30 heavy (non-hydrogen) atoms. The molecule has 168 valence electrons. The van der Waals surface area contributed by atoms with Gasteiger partial charge < -0.3 is 18.9 Å². The lowest BCUT2D eigenvalue weighted by molar-refractivity contribution is -0.134. The van der Waals surface area contributed by atoms with Gasteiger partial charge in [-0.05, 0) is 43.2 Å². The van der Waals surface area contributed by atoms with Gasteiger partial charge in [-0.2, -0.15) is 0 Å². The molecule has 0 radical (unpaired) electrons. The lowest BCUT2D eigenvalue weighted by Gasteiger charge is -2.24. The summed E-state index contributed by atoms with van der Waals surface area (Å²) in [7, 11) is 1.81. The van der Waals surface area contributed by atoms with Crippen molar-refractivity contribution in [2.24, 2.45) is 0 Å². The van der Waals surface area contributed by atoms with Gasteiger partial charge in [0.1, 0.15) is 4.90 Å². The van der Waals surface area contributed by atoms with E-state index >= 15 is 0 Å². The van der Waals surface area contributed by atoms with Crippen molar-refractivity contribution in [2.75, 3.05) is 54.7 Å². The van der Waals surface area contributed by atoms with Gasteiger partial charge in [0.05, 0.1) is 27.9 Å².